The Bertz CT molecular complexity index is 1360. The summed E-state index contributed by atoms with van der Waals surface area (Å²) < 4.78 is 29.5. The molecule has 4 heterocycles. The third kappa shape index (κ3) is 4.45. The number of nitrogens with zero attached hydrogens (tertiary/aromatic N) is 4. The summed E-state index contributed by atoms with van der Waals surface area (Å²) in [5.74, 6) is 0. The van der Waals surface area contributed by atoms with Crippen molar-refractivity contribution in [2.75, 3.05) is 11.4 Å². The van der Waals surface area contributed by atoms with E-state index in [1.165, 1.54) is 11.3 Å². The van der Waals surface area contributed by atoms with Crippen LogP contribution in [0, 0.1) is 11.3 Å². The van der Waals surface area contributed by atoms with E-state index in [4.69, 9.17) is 0 Å². The van der Waals surface area contributed by atoms with Crippen LogP contribution in [0.15, 0.2) is 70.0 Å². The van der Waals surface area contributed by atoms with Crippen molar-refractivity contribution >= 4 is 38.4 Å². The van der Waals surface area contributed by atoms with Crippen molar-refractivity contribution in [2.24, 2.45) is 0 Å². The second-order valence-electron chi connectivity index (χ2n) is 7.83. The van der Waals surface area contributed by atoms with Crippen LogP contribution in [0.25, 0.3) is 0 Å². The number of imidazole rings is 1. The molecule has 5 rings (SSSR count). The van der Waals surface area contributed by atoms with Gasteiger partial charge in [0, 0.05) is 42.3 Å². The average Bonchev–Trinajstić information content (AvgIpc) is 3.59. The third-order valence-electron chi connectivity index (χ3n) is 5.70. The quantitative estimate of drug-likeness (QED) is 0.432. The second kappa shape index (κ2) is 9.11. The average molecular weight is 496 g/mol. The van der Waals surface area contributed by atoms with Crippen LogP contribution >= 0.6 is 22.7 Å². The lowest BCUT2D eigenvalue weighted by Gasteiger charge is -2.31. The molecule has 0 saturated heterocycles. The first-order chi connectivity index (χ1) is 16.0. The van der Waals surface area contributed by atoms with Gasteiger partial charge in [-0.05, 0) is 46.7 Å². The Morgan fingerprint density at radius 1 is 1.18 bits per heavy atom. The number of fused-ring (bicyclic) bond motifs is 1. The number of H-pyrrole nitrogens is 1. The monoisotopic (exact) mass is 495 g/mol. The van der Waals surface area contributed by atoms with E-state index in [2.05, 4.69) is 20.9 Å². The summed E-state index contributed by atoms with van der Waals surface area (Å²) in [4.78, 5) is 10.6. The summed E-state index contributed by atoms with van der Waals surface area (Å²) in [5, 5.41) is 13.3. The van der Waals surface area contributed by atoms with Crippen molar-refractivity contribution in [3.05, 3.63) is 87.4 Å². The molecule has 33 heavy (non-hydrogen) atoms. The van der Waals surface area contributed by atoms with E-state index in [1.807, 2.05) is 23.6 Å². The van der Waals surface area contributed by atoms with Crippen LogP contribution in [0.4, 0.5) is 5.69 Å². The number of benzene rings is 1. The van der Waals surface area contributed by atoms with Crippen LogP contribution < -0.4 is 4.90 Å². The van der Waals surface area contributed by atoms with Crippen molar-refractivity contribution in [1.29, 1.82) is 5.26 Å². The van der Waals surface area contributed by atoms with E-state index in [-0.39, 0.29) is 12.6 Å². The van der Waals surface area contributed by atoms with Crippen molar-refractivity contribution < 1.29 is 8.42 Å². The molecule has 1 aliphatic heterocycles. The molecule has 4 aromatic rings. The molecule has 1 atom stereocenters. The van der Waals surface area contributed by atoms with Gasteiger partial charge < -0.3 is 9.88 Å². The Kier molecular flexibility index (Phi) is 6.03. The van der Waals surface area contributed by atoms with Gasteiger partial charge in [0.2, 0.25) is 0 Å². The number of nitriles is 1. The minimum atomic E-state index is -3.72. The lowest BCUT2D eigenvalue weighted by Crippen LogP contribution is -2.45. The van der Waals surface area contributed by atoms with Gasteiger partial charge >= 0.3 is 0 Å². The molecule has 10 heteroatoms. The highest BCUT2D eigenvalue weighted by Gasteiger charge is 2.37. The summed E-state index contributed by atoms with van der Waals surface area (Å²) in [5.41, 5.74) is 3.21. The summed E-state index contributed by atoms with van der Waals surface area (Å²) in [6.07, 6.45) is 4.03. The largest absolute Gasteiger partial charge is 0.364 e. The molecule has 0 aliphatic carbocycles. The predicted molar refractivity (Wildman–Crippen MR) is 130 cm³/mol. The number of anilines is 1. The fourth-order valence-corrected chi connectivity index (χ4v) is 7.68. The van der Waals surface area contributed by atoms with Gasteiger partial charge in [-0.1, -0.05) is 12.1 Å². The molecule has 0 amide bonds. The highest BCUT2D eigenvalue weighted by atomic mass is 32.2. The van der Waals surface area contributed by atoms with Crippen LogP contribution in [0.3, 0.4) is 0 Å². The molecule has 1 unspecified atom stereocenters. The van der Waals surface area contributed by atoms with Crippen LogP contribution in [0.5, 0.6) is 0 Å². The molecule has 0 fully saturated rings. The highest BCUT2D eigenvalue weighted by molar-refractivity contribution is 7.91. The fraction of sp³-hybridized carbons (Fsp3) is 0.217. The number of thiophene rings is 2. The second-order valence-corrected chi connectivity index (χ2v) is 11.9. The van der Waals surface area contributed by atoms with Gasteiger partial charge in [-0.2, -0.15) is 9.57 Å². The van der Waals surface area contributed by atoms with Crippen molar-refractivity contribution in [1.82, 2.24) is 14.3 Å². The molecular formula is C23H21N5O2S3. The molecule has 0 saturated carbocycles. The van der Waals surface area contributed by atoms with Crippen LogP contribution in [-0.4, -0.2) is 35.3 Å². The van der Waals surface area contributed by atoms with Crippen molar-refractivity contribution in [3.8, 4) is 6.07 Å². The van der Waals surface area contributed by atoms with Crippen molar-refractivity contribution in [3.63, 3.8) is 0 Å². The first kappa shape index (κ1) is 21.9. The van der Waals surface area contributed by atoms with Gasteiger partial charge in [0.1, 0.15) is 4.21 Å². The molecule has 0 radical (unpaired) electrons. The molecule has 168 valence electrons. The smallest absolute Gasteiger partial charge is 0.253 e. The lowest BCUT2D eigenvalue weighted by molar-refractivity contribution is 0.319. The maximum absolute atomic E-state index is 13.8. The van der Waals surface area contributed by atoms with Crippen LogP contribution in [-0.2, 0) is 29.5 Å². The van der Waals surface area contributed by atoms with E-state index in [9.17, 15) is 13.7 Å². The number of aromatic amines is 1. The maximum atomic E-state index is 13.8. The number of hydrogen-bond acceptors (Lipinski definition) is 7. The van der Waals surface area contributed by atoms with Gasteiger partial charge in [0.05, 0.1) is 30.2 Å². The topological polar surface area (TPSA) is 93.1 Å². The molecule has 1 aromatic carbocycles. The normalized spacial score (nSPS) is 16.8. The molecule has 7 nitrogen and oxygen atoms in total. The van der Waals surface area contributed by atoms with Crippen LogP contribution in [0.1, 0.15) is 21.7 Å². The van der Waals surface area contributed by atoms with Gasteiger partial charge in [0.15, 0.2) is 0 Å². The minimum absolute atomic E-state index is 0.209. The van der Waals surface area contributed by atoms with Gasteiger partial charge in [-0.15, -0.1) is 22.7 Å². The number of rotatable bonds is 6. The third-order valence-corrected chi connectivity index (χ3v) is 9.87. The van der Waals surface area contributed by atoms with E-state index >= 15 is 0 Å². The number of nitrogens with one attached hydrogen (secondary N) is 1. The summed E-state index contributed by atoms with van der Waals surface area (Å²) in [7, 11) is -3.72. The van der Waals surface area contributed by atoms with E-state index < -0.39 is 10.0 Å². The first-order valence-corrected chi connectivity index (χ1v) is 13.6. The molecule has 0 spiro atoms. The first-order valence-electron chi connectivity index (χ1n) is 10.4. The lowest BCUT2D eigenvalue weighted by atomic mass is 10.1. The Labute approximate surface area is 200 Å². The Morgan fingerprint density at radius 2 is 2.03 bits per heavy atom. The zero-order valence-corrected chi connectivity index (χ0v) is 20.0. The Balaban J connectivity index is 1.62. The van der Waals surface area contributed by atoms with Crippen LogP contribution in [0.2, 0.25) is 0 Å². The summed E-state index contributed by atoms with van der Waals surface area (Å²) >= 11 is 2.86. The van der Waals surface area contributed by atoms with E-state index in [1.54, 1.807) is 57.8 Å². The van der Waals surface area contributed by atoms with E-state index in [0.717, 1.165) is 21.8 Å². The molecule has 3 aromatic heterocycles. The molecule has 1 N–H and O–H groups in total. The SMILES string of the molecule is N#Cc1ccc2c(c1)CN(S(=O)(=O)c1cccs1)C(Cc1cccs1)CN2Cc1cnc[nH]1. The summed E-state index contributed by atoms with van der Waals surface area (Å²) in [6.45, 7) is 1.29. The maximum Gasteiger partial charge on any atom is 0.253 e. The number of hydrogen-bond donors (Lipinski definition) is 1. The Morgan fingerprint density at radius 3 is 2.73 bits per heavy atom. The van der Waals surface area contributed by atoms with E-state index in [0.29, 0.717) is 29.3 Å². The highest BCUT2D eigenvalue weighted by Crippen LogP contribution is 2.34. The van der Waals surface area contributed by atoms with Gasteiger partial charge in [0.25, 0.3) is 10.0 Å². The fourth-order valence-electron chi connectivity index (χ4n) is 4.19. The number of sulfonamides is 1. The molecule has 0 bridgehead atoms. The zero-order valence-electron chi connectivity index (χ0n) is 17.6. The number of aromatic nitrogens is 2. The van der Waals surface area contributed by atoms with Gasteiger partial charge in [-0.25, -0.2) is 13.4 Å². The Hall–Kier alpha value is -2.97. The zero-order chi connectivity index (χ0) is 22.8. The minimum Gasteiger partial charge on any atom is -0.364 e. The standard InChI is InChI=1S/C23H21N5O2S3/c24-11-17-5-6-22-18(9-17)13-28(33(29,30)23-4-2-8-32-23)20(10-21-3-1-7-31-21)15-27(22)14-19-12-25-16-26-19/h1-9,12,16,20H,10,13-15H2,(H,25,26). The molecular weight excluding hydrogens is 474 g/mol. The molecule has 1 aliphatic rings. The van der Waals surface area contributed by atoms with Crippen molar-refractivity contribution in [2.45, 2.75) is 29.8 Å². The predicted octanol–water partition coefficient (Wildman–Crippen LogP) is 4.23. The van der Waals surface area contributed by atoms with Gasteiger partial charge in [-0.3, -0.25) is 0 Å². The summed E-state index contributed by atoms with van der Waals surface area (Å²) in [6, 6.07) is 14.9.